The van der Waals surface area contributed by atoms with Gasteiger partial charge in [0.05, 0.1) is 13.7 Å². The predicted octanol–water partition coefficient (Wildman–Crippen LogP) is 2.87. The van der Waals surface area contributed by atoms with Crippen molar-refractivity contribution in [2.24, 2.45) is 0 Å². The normalized spacial score (nSPS) is 14.6. The van der Waals surface area contributed by atoms with Gasteiger partial charge in [-0.2, -0.15) is 0 Å². The second-order valence-electron chi connectivity index (χ2n) is 7.79. The van der Waals surface area contributed by atoms with Gasteiger partial charge in [-0.15, -0.1) is 0 Å². The van der Waals surface area contributed by atoms with E-state index < -0.39 is 5.97 Å². The van der Waals surface area contributed by atoms with Crippen LogP contribution in [0.4, 0.5) is 0 Å². The molecule has 2 aromatic heterocycles. The number of hydrogen-bond donors (Lipinski definition) is 0. The van der Waals surface area contributed by atoms with Gasteiger partial charge >= 0.3 is 5.97 Å². The van der Waals surface area contributed by atoms with Gasteiger partial charge in [-0.25, -0.2) is 4.79 Å². The van der Waals surface area contributed by atoms with Crippen LogP contribution in [0.15, 0.2) is 47.0 Å². The van der Waals surface area contributed by atoms with Gasteiger partial charge in [-0.05, 0) is 38.3 Å². The summed E-state index contributed by atoms with van der Waals surface area (Å²) in [6, 6.07) is 5.34. The molecule has 0 spiro atoms. The first kappa shape index (κ1) is 22.7. The first-order chi connectivity index (χ1) is 15.0. The number of hydrogen-bond acceptors (Lipinski definition) is 6. The zero-order chi connectivity index (χ0) is 22.2. The van der Waals surface area contributed by atoms with Gasteiger partial charge in [0.2, 0.25) is 0 Å². The van der Waals surface area contributed by atoms with Crippen molar-refractivity contribution in [1.82, 2.24) is 14.5 Å². The topological polar surface area (TPSA) is 73.7 Å². The van der Waals surface area contributed by atoms with Crippen molar-refractivity contribution in [3.8, 4) is 5.75 Å². The summed E-state index contributed by atoms with van der Waals surface area (Å²) in [5.74, 6) is -0.156. The molecule has 0 aliphatic carbocycles. The lowest BCUT2D eigenvalue weighted by Crippen LogP contribution is -2.30. The maximum absolute atomic E-state index is 12.8. The van der Waals surface area contributed by atoms with Gasteiger partial charge in [0, 0.05) is 56.8 Å². The van der Waals surface area contributed by atoms with Crippen LogP contribution in [0.25, 0.3) is 0 Å². The Balaban J connectivity index is 1.79. The fraction of sp³-hybridized carbons (Fsp3) is 0.458. The van der Waals surface area contributed by atoms with Crippen LogP contribution in [-0.4, -0.2) is 53.8 Å². The van der Waals surface area contributed by atoms with E-state index in [-0.39, 0.29) is 5.56 Å². The van der Waals surface area contributed by atoms with E-state index in [0.717, 1.165) is 38.0 Å². The number of carbonyl (C=O) groups excluding carboxylic acids is 1. The standard InChI is InChI=1S/C24H31N3O4/c1-4-18(2)17-26-11-9-20-23(24(29)30-3)21(15-22(28)27(20)13-12-26)31-14-6-8-19-7-5-10-25-16-19/h4-5,7,10,15-16H,6,8-9,11-14,17H2,1-3H3. The summed E-state index contributed by atoms with van der Waals surface area (Å²) in [4.78, 5) is 31.9. The monoisotopic (exact) mass is 425 g/mol. The molecule has 7 heteroatoms. The molecule has 0 saturated heterocycles. The second-order valence-corrected chi connectivity index (χ2v) is 7.79. The van der Waals surface area contributed by atoms with Crippen molar-refractivity contribution in [1.29, 1.82) is 0 Å². The van der Waals surface area contributed by atoms with E-state index in [9.17, 15) is 9.59 Å². The summed E-state index contributed by atoms with van der Waals surface area (Å²) in [6.07, 6.45) is 7.82. The summed E-state index contributed by atoms with van der Waals surface area (Å²) < 4.78 is 12.7. The molecule has 166 valence electrons. The molecule has 0 unspecified atom stereocenters. The number of carbonyl (C=O) groups is 1. The van der Waals surface area contributed by atoms with Gasteiger partial charge in [0.1, 0.15) is 11.3 Å². The van der Waals surface area contributed by atoms with Crippen LogP contribution < -0.4 is 10.3 Å². The molecule has 3 heterocycles. The van der Waals surface area contributed by atoms with E-state index in [1.165, 1.54) is 18.7 Å². The second kappa shape index (κ2) is 10.9. The molecule has 1 aliphatic rings. The highest BCUT2D eigenvalue weighted by Gasteiger charge is 2.26. The molecule has 0 radical (unpaired) electrons. The number of esters is 1. The SMILES string of the molecule is CC=C(C)CN1CCc2c(C(=O)OC)c(OCCCc3cccnc3)cc(=O)n2CC1. The van der Waals surface area contributed by atoms with E-state index in [4.69, 9.17) is 9.47 Å². The molecule has 0 atom stereocenters. The molecule has 0 bridgehead atoms. The third kappa shape index (κ3) is 5.82. The molecule has 3 rings (SSSR count). The number of aryl methyl sites for hydroxylation is 1. The largest absolute Gasteiger partial charge is 0.492 e. The maximum Gasteiger partial charge on any atom is 0.343 e. The maximum atomic E-state index is 12.8. The molecule has 2 aromatic rings. The highest BCUT2D eigenvalue weighted by atomic mass is 16.5. The van der Waals surface area contributed by atoms with Crippen LogP contribution in [0, 0.1) is 0 Å². The Bertz CT molecular complexity index is 982. The van der Waals surface area contributed by atoms with Crippen LogP contribution in [0.5, 0.6) is 5.75 Å². The number of allylic oxidation sites excluding steroid dienone is 1. The highest BCUT2D eigenvalue weighted by Crippen LogP contribution is 2.24. The molecular weight excluding hydrogens is 394 g/mol. The Morgan fingerprint density at radius 3 is 2.84 bits per heavy atom. The van der Waals surface area contributed by atoms with Gasteiger partial charge in [-0.3, -0.25) is 14.7 Å². The van der Waals surface area contributed by atoms with Crippen molar-refractivity contribution >= 4 is 5.97 Å². The molecule has 31 heavy (non-hydrogen) atoms. The summed E-state index contributed by atoms with van der Waals surface area (Å²) in [5.41, 5.74) is 3.33. The number of nitrogens with zero attached hydrogens (tertiary/aromatic N) is 3. The summed E-state index contributed by atoms with van der Waals surface area (Å²) in [6.45, 7) is 7.43. The zero-order valence-corrected chi connectivity index (χ0v) is 18.6. The molecule has 0 fully saturated rings. The number of fused-ring (bicyclic) bond motifs is 1. The first-order valence-electron chi connectivity index (χ1n) is 10.7. The van der Waals surface area contributed by atoms with Crippen molar-refractivity contribution in [3.63, 3.8) is 0 Å². The quantitative estimate of drug-likeness (QED) is 0.368. The fourth-order valence-electron chi connectivity index (χ4n) is 3.84. The van der Waals surface area contributed by atoms with Gasteiger partial charge in [0.15, 0.2) is 0 Å². The van der Waals surface area contributed by atoms with E-state index in [0.29, 0.717) is 36.6 Å². The number of rotatable bonds is 8. The number of ether oxygens (including phenoxy) is 2. The third-order valence-electron chi connectivity index (χ3n) is 5.63. The minimum Gasteiger partial charge on any atom is -0.492 e. The number of methoxy groups -OCH3 is 1. The van der Waals surface area contributed by atoms with Gasteiger partial charge < -0.3 is 14.0 Å². The Kier molecular flexibility index (Phi) is 8.00. The van der Waals surface area contributed by atoms with Crippen LogP contribution in [-0.2, 0) is 24.1 Å². The van der Waals surface area contributed by atoms with Crippen LogP contribution >= 0.6 is 0 Å². The Morgan fingerprint density at radius 2 is 2.13 bits per heavy atom. The van der Waals surface area contributed by atoms with Crippen molar-refractivity contribution in [2.45, 2.75) is 39.7 Å². The zero-order valence-electron chi connectivity index (χ0n) is 18.6. The van der Waals surface area contributed by atoms with Crippen molar-refractivity contribution in [3.05, 3.63) is 69.4 Å². The van der Waals surface area contributed by atoms with Gasteiger partial charge in [0.25, 0.3) is 5.56 Å². The number of aromatic nitrogens is 2. The molecule has 7 nitrogen and oxygen atoms in total. The molecule has 0 saturated carbocycles. The average Bonchev–Trinajstić information content (AvgIpc) is 3.00. The van der Waals surface area contributed by atoms with Crippen LogP contribution in [0.3, 0.4) is 0 Å². The lowest BCUT2D eigenvalue weighted by molar-refractivity contribution is 0.0593. The van der Waals surface area contributed by atoms with E-state index in [1.54, 1.807) is 10.8 Å². The summed E-state index contributed by atoms with van der Waals surface area (Å²) in [7, 11) is 1.36. The average molecular weight is 426 g/mol. The third-order valence-corrected chi connectivity index (χ3v) is 5.63. The fourth-order valence-corrected chi connectivity index (χ4v) is 3.84. The lowest BCUT2D eigenvalue weighted by Gasteiger charge is -2.19. The first-order valence-corrected chi connectivity index (χ1v) is 10.7. The smallest absolute Gasteiger partial charge is 0.343 e. The molecule has 0 aromatic carbocycles. The Hall–Kier alpha value is -2.93. The van der Waals surface area contributed by atoms with Crippen molar-refractivity contribution in [2.75, 3.05) is 33.4 Å². The van der Waals surface area contributed by atoms with E-state index in [2.05, 4.69) is 22.9 Å². The number of pyridine rings is 2. The lowest BCUT2D eigenvalue weighted by atomic mass is 10.1. The minimum absolute atomic E-state index is 0.144. The molecular formula is C24H31N3O4. The Morgan fingerprint density at radius 1 is 1.29 bits per heavy atom. The van der Waals surface area contributed by atoms with Crippen LogP contribution in [0.1, 0.15) is 41.9 Å². The molecule has 0 amide bonds. The van der Waals surface area contributed by atoms with E-state index in [1.807, 2.05) is 25.3 Å². The van der Waals surface area contributed by atoms with Crippen LogP contribution in [0.2, 0.25) is 0 Å². The summed E-state index contributed by atoms with van der Waals surface area (Å²) in [5, 5.41) is 0. The summed E-state index contributed by atoms with van der Waals surface area (Å²) >= 11 is 0. The highest BCUT2D eigenvalue weighted by molar-refractivity contribution is 5.93. The predicted molar refractivity (Wildman–Crippen MR) is 120 cm³/mol. The van der Waals surface area contributed by atoms with E-state index >= 15 is 0 Å². The molecule has 1 aliphatic heterocycles. The van der Waals surface area contributed by atoms with Gasteiger partial charge in [-0.1, -0.05) is 17.7 Å². The molecule has 0 N–H and O–H groups in total. The van der Waals surface area contributed by atoms with Crippen molar-refractivity contribution < 1.29 is 14.3 Å². The minimum atomic E-state index is -0.468. The Labute approximate surface area is 183 Å².